The molecule has 0 saturated carbocycles. The summed E-state index contributed by atoms with van der Waals surface area (Å²) in [5, 5.41) is 2.71. The van der Waals surface area contributed by atoms with Gasteiger partial charge in [-0.2, -0.15) is 0 Å². The number of nitrogens with one attached hydrogen (secondary N) is 1. The fraction of sp³-hybridized carbons (Fsp3) is 0.900. The van der Waals surface area contributed by atoms with Gasteiger partial charge in [-0.3, -0.25) is 0 Å². The molecule has 76 valence electrons. The second-order valence-corrected chi connectivity index (χ2v) is 4.06. The molecule has 1 unspecified atom stereocenters. The van der Waals surface area contributed by atoms with Crippen LogP contribution in [-0.4, -0.2) is 30.6 Å². The van der Waals surface area contributed by atoms with Crippen LogP contribution < -0.4 is 5.32 Å². The molecule has 13 heavy (non-hydrogen) atoms. The molecule has 1 fully saturated rings. The maximum atomic E-state index is 11.5. The molecular weight excluding hydrogens is 164 g/mol. The Morgan fingerprint density at radius 3 is 2.69 bits per heavy atom. The van der Waals surface area contributed by atoms with E-state index in [1.807, 2.05) is 4.90 Å². The van der Waals surface area contributed by atoms with Gasteiger partial charge in [0.05, 0.1) is 0 Å². The third-order valence-corrected chi connectivity index (χ3v) is 2.79. The highest BCUT2D eigenvalue weighted by atomic mass is 16.2. The number of hydrogen-bond donors (Lipinski definition) is 1. The smallest absolute Gasteiger partial charge is 0.317 e. The summed E-state index contributed by atoms with van der Waals surface area (Å²) < 4.78 is 0. The van der Waals surface area contributed by atoms with Crippen LogP contribution in [0.2, 0.25) is 0 Å². The molecule has 0 aromatic heterocycles. The summed E-state index contributed by atoms with van der Waals surface area (Å²) in [5.74, 6) is 0.567. The van der Waals surface area contributed by atoms with Gasteiger partial charge in [0.15, 0.2) is 0 Å². The topological polar surface area (TPSA) is 32.3 Å². The van der Waals surface area contributed by atoms with Gasteiger partial charge in [0, 0.05) is 19.6 Å². The number of carbonyl (C=O) groups is 1. The summed E-state index contributed by atoms with van der Waals surface area (Å²) in [6, 6.07) is 0.520. The SMILES string of the molecule is CNC(=O)N1CCCCC1C(C)C. The summed E-state index contributed by atoms with van der Waals surface area (Å²) >= 11 is 0. The first-order valence-corrected chi connectivity index (χ1v) is 5.15. The summed E-state index contributed by atoms with van der Waals surface area (Å²) in [6.45, 7) is 5.29. The number of hydrogen-bond acceptors (Lipinski definition) is 1. The van der Waals surface area contributed by atoms with Gasteiger partial charge in [0.1, 0.15) is 0 Å². The molecule has 2 amide bonds. The van der Waals surface area contributed by atoms with Gasteiger partial charge >= 0.3 is 6.03 Å². The molecule has 0 aromatic carbocycles. The summed E-state index contributed by atoms with van der Waals surface area (Å²) in [7, 11) is 1.70. The highest BCUT2D eigenvalue weighted by Crippen LogP contribution is 2.22. The van der Waals surface area contributed by atoms with Crippen molar-refractivity contribution in [2.75, 3.05) is 13.6 Å². The Hall–Kier alpha value is -0.730. The molecule has 0 radical (unpaired) electrons. The first-order chi connectivity index (χ1) is 6.16. The van der Waals surface area contributed by atoms with Crippen molar-refractivity contribution in [3.05, 3.63) is 0 Å². The average Bonchev–Trinajstić information content (AvgIpc) is 2.16. The Labute approximate surface area is 80.5 Å². The number of carbonyl (C=O) groups excluding carboxylic acids is 1. The van der Waals surface area contributed by atoms with Crippen LogP contribution in [0.5, 0.6) is 0 Å². The lowest BCUT2D eigenvalue weighted by Gasteiger charge is -2.37. The molecule has 3 nitrogen and oxygen atoms in total. The molecule has 3 heteroatoms. The van der Waals surface area contributed by atoms with E-state index in [0.717, 1.165) is 19.4 Å². The van der Waals surface area contributed by atoms with Gasteiger partial charge in [-0.05, 0) is 25.2 Å². The van der Waals surface area contributed by atoms with Crippen molar-refractivity contribution in [3.63, 3.8) is 0 Å². The second kappa shape index (κ2) is 4.49. The molecular formula is C10H20N2O. The Balaban J connectivity index is 2.61. The van der Waals surface area contributed by atoms with Gasteiger partial charge in [0.25, 0.3) is 0 Å². The number of urea groups is 1. The zero-order chi connectivity index (χ0) is 9.84. The predicted octanol–water partition coefficient (Wildman–Crippen LogP) is 1.84. The molecule has 1 N–H and O–H groups in total. The molecule has 1 atom stereocenters. The highest BCUT2D eigenvalue weighted by molar-refractivity contribution is 5.74. The van der Waals surface area contributed by atoms with Crippen molar-refractivity contribution in [3.8, 4) is 0 Å². The zero-order valence-corrected chi connectivity index (χ0v) is 8.84. The Bertz CT molecular complexity index is 180. The molecule has 0 aliphatic carbocycles. The first-order valence-electron chi connectivity index (χ1n) is 5.15. The van der Waals surface area contributed by atoms with E-state index in [-0.39, 0.29) is 6.03 Å². The van der Waals surface area contributed by atoms with Gasteiger partial charge in [-0.15, -0.1) is 0 Å². The van der Waals surface area contributed by atoms with Crippen LogP contribution in [0.1, 0.15) is 33.1 Å². The average molecular weight is 184 g/mol. The molecule has 1 heterocycles. The van der Waals surface area contributed by atoms with Crippen molar-refractivity contribution < 1.29 is 4.79 Å². The van der Waals surface area contributed by atoms with E-state index in [0.29, 0.717) is 12.0 Å². The van der Waals surface area contributed by atoms with Gasteiger partial charge < -0.3 is 10.2 Å². The number of piperidine rings is 1. The zero-order valence-electron chi connectivity index (χ0n) is 8.84. The third kappa shape index (κ3) is 2.36. The molecule has 1 aliphatic heterocycles. The van der Waals surface area contributed by atoms with E-state index in [9.17, 15) is 4.79 Å². The van der Waals surface area contributed by atoms with E-state index in [4.69, 9.17) is 0 Å². The third-order valence-electron chi connectivity index (χ3n) is 2.79. The predicted molar refractivity (Wildman–Crippen MR) is 53.6 cm³/mol. The van der Waals surface area contributed by atoms with Crippen LogP contribution >= 0.6 is 0 Å². The molecule has 0 bridgehead atoms. The number of nitrogens with zero attached hydrogens (tertiary/aromatic N) is 1. The van der Waals surface area contributed by atoms with Gasteiger partial charge in [0.2, 0.25) is 0 Å². The summed E-state index contributed by atoms with van der Waals surface area (Å²) in [4.78, 5) is 13.5. The van der Waals surface area contributed by atoms with Crippen LogP contribution in [0, 0.1) is 5.92 Å². The molecule has 1 aliphatic rings. The van der Waals surface area contributed by atoms with Gasteiger partial charge in [-0.25, -0.2) is 4.79 Å². The van der Waals surface area contributed by atoms with Crippen molar-refractivity contribution >= 4 is 6.03 Å². The van der Waals surface area contributed by atoms with Crippen LogP contribution in [0.15, 0.2) is 0 Å². The number of amides is 2. The van der Waals surface area contributed by atoms with Crippen molar-refractivity contribution in [2.24, 2.45) is 5.92 Å². The largest absolute Gasteiger partial charge is 0.341 e. The van der Waals surface area contributed by atoms with Crippen LogP contribution in [0.3, 0.4) is 0 Å². The van der Waals surface area contributed by atoms with E-state index in [2.05, 4.69) is 19.2 Å². The maximum absolute atomic E-state index is 11.5. The monoisotopic (exact) mass is 184 g/mol. The van der Waals surface area contributed by atoms with Crippen molar-refractivity contribution in [1.82, 2.24) is 10.2 Å². The first kappa shape index (κ1) is 10.4. The Kier molecular flexibility index (Phi) is 3.58. The lowest BCUT2D eigenvalue weighted by molar-refractivity contribution is 0.129. The standard InChI is InChI=1S/C10H20N2O/c1-8(2)9-6-4-5-7-12(9)10(13)11-3/h8-9H,4-7H2,1-3H3,(H,11,13). The maximum Gasteiger partial charge on any atom is 0.317 e. The number of rotatable bonds is 1. The molecule has 1 saturated heterocycles. The lowest BCUT2D eigenvalue weighted by atomic mass is 9.93. The summed E-state index contributed by atoms with van der Waals surface area (Å²) in [5.41, 5.74) is 0. The quantitative estimate of drug-likeness (QED) is 0.662. The highest BCUT2D eigenvalue weighted by Gasteiger charge is 2.27. The van der Waals surface area contributed by atoms with Crippen LogP contribution in [0.25, 0.3) is 0 Å². The van der Waals surface area contributed by atoms with E-state index < -0.39 is 0 Å². The fourth-order valence-corrected chi connectivity index (χ4v) is 2.05. The number of likely N-dealkylation sites (tertiary alicyclic amines) is 1. The van der Waals surface area contributed by atoms with Gasteiger partial charge in [-0.1, -0.05) is 13.8 Å². The lowest BCUT2D eigenvalue weighted by Crippen LogP contribution is -2.49. The molecule has 0 aromatic rings. The summed E-state index contributed by atoms with van der Waals surface area (Å²) in [6.07, 6.45) is 3.57. The van der Waals surface area contributed by atoms with E-state index in [1.165, 1.54) is 6.42 Å². The Morgan fingerprint density at radius 2 is 2.15 bits per heavy atom. The minimum Gasteiger partial charge on any atom is -0.341 e. The van der Waals surface area contributed by atoms with Crippen LogP contribution in [0.4, 0.5) is 4.79 Å². The molecule has 1 rings (SSSR count). The van der Waals surface area contributed by atoms with Crippen molar-refractivity contribution in [1.29, 1.82) is 0 Å². The van der Waals surface area contributed by atoms with Crippen LogP contribution in [-0.2, 0) is 0 Å². The fourth-order valence-electron chi connectivity index (χ4n) is 2.05. The van der Waals surface area contributed by atoms with Crippen molar-refractivity contribution in [2.45, 2.75) is 39.2 Å². The Morgan fingerprint density at radius 1 is 1.46 bits per heavy atom. The van der Waals surface area contributed by atoms with E-state index >= 15 is 0 Å². The van der Waals surface area contributed by atoms with E-state index in [1.54, 1.807) is 7.05 Å². The minimum atomic E-state index is 0.0819. The minimum absolute atomic E-state index is 0.0819. The second-order valence-electron chi connectivity index (χ2n) is 4.06. The normalized spacial score (nSPS) is 23.4. The molecule has 0 spiro atoms.